The number of thioether (sulfide) groups is 1. The third-order valence-electron chi connectivity index (χ3n) is 4.03. The Balaban J connectivity index is 1.98. The number of carbonyl (C=O) groups is 1. The van der Waals surface area contributed by atoms with Crippen molar-refractivity contribution in [3.8, 4) is 0 Å². The molecule has 0 aliphatic heterocycles. The second kappa shape index (κ2) is 6.48. The fourth-order valence-electron chi connectivity index (χ4n) is 2.66. The number of nitrogen functional groups attached to an aromatic ring is 1. The number of nitrogens with one attached hydrogen (secondary N) is 1. The van der Waals surface area contributed by atoms with Crippen molar-refractivity contribution in [2.75, 3.05) is 18.5 Å². The SMILES string of the molecule is CSC1(CNC(=O)c2ccc(N)c(F)c2)CCCCC1. The maximum Gasteiger partial charge on any atom is 0.251 e. The first-order valence-corrected chi connectivity index (χ1v) is 8.17. The molecule has 1 aliphatic rings. The van der Waals surface area contributed by atoms with Gasteiger partial charge in [0.25, 0.3) is 5.91 Å². The van der Waals surface area contributed by atoms with Gasteiger partial charge >= 0.3 is 0 Å². The summed E-state index contributed by atoms with van der Waals surface area (Å²) in [4.78, 5) is 12.1. The van der Waals surface area contributed by atoms with Gasteiger partial charge in [0.15, 0.2) is 0 Å². The Kier molecular flexibility index (Phi) is 4.91. The maximum absolute atomic E-state index is 13.4. The van der Waals surface area contributed by atoms with Crippen LogP contribution in [0.5, 0.6) is 0 Å². The lowest BCUT2D eigenvalue weighted by molar-refractivity contribution is 0.0946. The third kappa shape index (κ3) is 3.45. The highest BCUT2D eigenvalue weighted by Gasteiger charge is 2.31. The van der Waals surface area contributed by atoms with Gasteiger partial charge in [0.05, 0.1) is 5.69 Å². The van der Waals surface area contributed by atoms with E-state index in [0.29, 0.717) is 12.1 Å². The van der Waals surface area contributed by atoms with Gasteiger partial charge in [-0.15, -0.1) is 0 Å². The van der Waals surface area contributed by atoms with Crippen LogP contribution >= 0.6 is 11.8 Å². The largest absolute Gasteiger partial charge is 0.396 e. The minimum absolute atomic E-state index is 0.0643. The summed E-state index contributed by atoms with van der Waals surface area (Å²) in [5.41, 5.74) is 5.80. The zero-order chi connectivity index (χ0) is 14.6. The first-order valence-electron chi connectivity index (χ1n) is 6.95. The van der Waals surface area contributed by atoms with Gasteiger partial charge in [-0.2, -0.15) is 11.8 Å². The first kappa shape index (κ1) is 15.2. The van der Waals surface area contributed by atoms with E-state index in [1.807, 2.05) is 11.8 Å². The Bertz CT molecular complexity index is 487. The quantitative estimate of drug-likeness (QED) is 0.839. The molecule has 1 fully saturated rings. The third-order valence-corrected chi connectivity index (χ3v) is 5.45. The highest BCUT2D eigenvalue weighted by Crippen LogP contribution is 2.37. The molecular weight excluding hydrogens is 275 g/mol. The highest BCUT2D eigenvalue weighted by molar-refractivity contribution is 8.00. The molecule has 3 N–H and O–H groups in total. The predicted octanol–water partition coefficient (Wildman–Crippen LogP) is 3.20. The lowest BCUT2D eigenvalue weighted by Crippen LogP contribution is -2.41. The van der Waals surface area contributed by atoms with Crippen molar-refractivity contribution in [2.45, 2.75) is 36.9 Å². The number of rotatable bonds is 4. The molecule has 0 radical (unpaired) electrons. The van der Waals surface area contributed by atoms with Gasteiger partial charge in [-0.05, 0) is 37.3 Å². The van der Waals surface area contributed by atoms with E-state index >= 15 is 0 Å². The summed E-state index contributed by atoms with van der Waals surface area (Å²) in [5, 5.41) is 2.94. The minimum Gasteiger partial charge on any atom is -0.396 e. The van der Waals surface area contributed by atoms with Crippen molar-refractivity contribution in [3.05, 3.63) is 29.6 Å². The Morgan fingerprint density at radius 1 is 1.40 bits per heavy atom. The smallest absolute Gasteiger partial charge is 0.251 e. The molecule has 110 valence electrons. The summed E-state index contributed by atoms with van der Waals surface area (Å²) in [6.07, 6.45) is 8.06. The number of halogens is 1. The van der Waals surface area contributed by atoms with Crippen LogP contribution in [0, 0.1) is 5.82 Å². The molecule has 1 aliphatic carbocycles. The standard InChI is InChI=1S/C15H21FN2OS/c1-20-15(7-3-2-4-8-15)10-18-14(19)11-5-6-13(17)12(16)9-11/h5-6,9H,2-4,7-8,10,17H2,1H3,(H,18,19). The summed E-state index contributed by atoms with van der Waals surface area (Å²) >= 11 is 1.83. The molecule has 3 nitrogen and oxygen atoms in total. The second-order valence-electron chi connectivity index (χ2n) is 5.37. The molecule has 20 heavy (non-hydrogen) atoms. The van der Waals surface area contributed by atoms with E-state index in [9.17, 15) is 9.18 Å². The molecule has 0 saturated heterocycles. The number of hydrogen-bond acceptors (Lipinski definition) is 3. The molecule has 0 unspecified atom stereocenters. The van der Waals surface area contributed by atoms with Crippen LogP contribution in [0.3, 0.4) is 0 Å². The van der Waals surface area contributed by atoms with Crippen LogP contribution in [0.1, 0.15) is 42.5 Å². The zero-order valence-electron chi connectivity index (χ0n) is 11.7. The predicted molar refractivity (Wildman–Crippen MR) is 82.5 cm³/mol. The van der Waals surface area contributed by atoms with Gasteiger partial charge in [-0.1, -0.05) is 19.3 Å². The molecular formula is C15H21FN2OS. The summed E-state index contributed by atoms with van der Waals surface area (Å²) in [6, 6.07) is 4.17. The van der Waals surface area contributed by atoms with E-state index in [0.717, 1.165) is 12.8 Å². The van der Waals surface area contributed by atoms with Crippen molar-refractivity contribution in [3.63, 3.8) is 0 Å². The number of anilines is 1. The molecule has 1 aromatic rings. The van der Waals surface area contributed by atoms with Crippen LogP contribution < -0.4 is 11.1 Å². The monoisotopic (exact) mass is 296 g/mol. The van der Waals surface area contributed by atoms with Crippen LogP contribution in [-0.4, -0.2) is 23.5 Å². The van der Waals surface area contributed by atoms with Gasteiger partial charge in [0.1, 0.15) is 5.82 Å². The van der Waals surface area contributed by atoms with Crippen molar-refractivity contribution < 1.29 is 9.18 Å². The molecule has 2 rings (SSSR count). The van der Waals surface area contributed by atoms with Crippen molar-refractivity contribution >= 4 is 23.4 Å². The van der Waals surface area contributed by atoms with E-state index in [1.54, 1.807) is 6.07 Å². The van der Waals surface area contributed by atoms with Gasteiger partial charge in [-0.3, -0.25) is 4.79 Å². The summed E-state index contributed by atoms with van der Waals surface area (Å²) in [5.74, 6) is -0.780. The lowest BCUT2D eigenvalue weighted by atomic mass is 9.88. The highest BCUT2D eigenvalue weighted by atomic mass is 32.2. The van der Waals surface area contributed by atoms with Crippen LogP contribution in [0.25, 0.3) is 0 Å². The van der Waals surface area contributed by atoms with Gasteiger partial charge in [-0.25, -0.2) is 4.39 Å². The maximum atomic E-state index is 13.4. The van der Waals surface area contributed by atoms with Crippen LogP contribution in [0.4, 0.5) is 10.1 Å². The van der Waals surface area contributed by atoms with Crippen molar-refractivity contribution in [1.82, 2.24) is 5.32 Å². The molecule has 0 spiro atoms. The summed E-state index contributed by atoms with van der Waals surface area (Å²) in [7, 11) is 0. The molecule has 1 aromatic carbocycles. The average molecular weight is 296 g/mol. The van der Waals surface area contributed by atoms with E-state index < -0.39 is 5.82 Å². The number of hydrogen-bond donors (Lipinski definition) is 2. The summed E-state index contributed by atoms with van der Waals surface area (Å²) in [6.45, 7) is 0.638. The van der Waals surface area contributed by atoms with E-state index in [4.69, 9.17) is 5.73 Å². The fourth-order valence-corrected chi connectivity index (χ4v) is 3.57. The molecule has 1 amide bonds. The van der Waals surface area contributed by atoms with Crippen LogP contribution in [-0.2, 0) is 0 Å². The lowest BCUT2D eigenvalue weighted by Gasteiger charge is -2.35. The summed E-state index contributed by atoms with van der Waals surface area (Å²) < 4.78 is 13.5. The second-order valence-corrected chi connectivity index (χ2v) is 6.64. The molecule has 1 saturated carbocycles. The van der Waals surface area contributed by atoms with Crippen LogP contribution in [0.2, 0.25) is 0 Å². The Morgan fingerprint density at radius 2 is 2.10 bits per heavy atom. The van der Waals surface area contributed by atoms with Crippen LogP contribution in [0.15, 0.2) is 18.2 Å². The van der Waals surface area contributed by atoms with Crippen molar-refractivity contribution in [1.29, 1.82) is 0 Å². The average Bonchev–Trinajstić information content (AvgIpc) is 2.48. The van der Waals surface area contributed by atoms with E-state index in [-0.39, 0.29) is 16.3 Å². The first-order chi connectivity index (χ1) is 9.56. The molecule has 0 aromatic heterocycles. The van der Waals surface area contributed by atoms with Gasteiger partial charge in [0, 0.05) is 16.9 Å². The van der Waals surface area contributed by atoms with Crippen molar-refractivity contribution in [2.24, 2.45) is 0 Å². The van der Waals surface area contributed by atoms with E-state index in [1.165, 1.54) is 31.4 Å². The molecule has 0 heterocycles. The Labute approximate surface area is 123 Å². The van der Waals surface area contributed by atoms with Gasteiger partial charge in [0.2, 0.25) is 0 Å². The Hall–Kier alpha value is -1.23. The molecule has 5 heteroatoms. The fraction of sp³-hybridized carbons (Fsp3) is 0.533. The number of nitrogens with two attached hydrogens (primary N) is 1. The number of carbonyl (C=O) groups excluding carboxylic acids is 1. The zero-order valence-corrected chi connectivity index (χ0v) is 12.6. The molecule has 0 atom stereocenters. The number of amides is 1. The normalized spacial score (nSPS) is 17.7. The van der Waals surface area contributed by atoms with Gasteiger partial charge < -0.3 is 11.1 Å². The Morgan fingerprint density at radius 3 is 2.70 bits per heavy atom. The minimum atomic E-state index is -0.546. The molecule has 0 bridgehead atoms. The number of benzene rings is 1. The topological polar surface area (TPSA) is 55.1 Å². The van der Waals surface area contributed by atoms with E-state index in [2.05, 4.69) is 11.6 Å².